The van der Waals surface area contributed by atoms with Crippen LogP contribution in [0.3, 0.4) is 0 Å². The van der Waals surface area contributed by atoms with Crippen LogP contribution in [-0.2, 0) is 4.74 Å². The molecule has 2 rings (SSSR count). The Morgan fingerprint density at radius 2 is 1.91 bits per heavy atom. The number of fused-ring (bicyclic) bond motifs is 1. The molecule has 1 nitrogen and oxygen atoms in total. The Bertz CT molecular complexity index is 157. The first-order valence-corrected chi connectivity index (χ1v) is 4.74. The van der Waals surface area contributed by atoms with Gasteiger partial charge < -0.3 is 4.74 Å². The highest BCUT2D eigenvalue weighted by Gasteiger charge is 2.50. The minimum Gasteiger partial charge on any atom is -0.369 e. The number of hydrogen-bond acceptors (Lipinski definition) is 1. The predicted molar refractivity (Wildman–Crippen MR) is 45.5 cm³/mol. The molecule has 0 aromatic carbocycles. The third-order valence-corrected chi connectivity index (χ3v) is 3.13. The van der Waals surface area contributed by atoms with Crippen LogP contribution in [0, 0.1) is 11.3 Å². The van der Waals surface area contributed by atoms with Crippen molar-refractivity contribution in [1.82, 2.24) is 0 Å². The van der Waals surface area contributed by atoms with Gasteiger partial charge in [-0.25, -0.2) is 0 Å². The van der Waals surface area contributed by atoms with Crippen molar-refractivity contribution in [2.24, 2.45) is 11.3 Å². The lowest BCUT2D eigenvalue weighted by molar-refractivity contribution is 0.172. The van der Waals surface area contributed by atoms with Crippen LogP contribution in [0.4, 0.5) is 0 Å². The lowest BCUT2D eigenvalue weighted by Crippen LogP contribution is -2.29. The zero-order valence-electron chi connectivity index (χ0n) is 7.76. The Hall–Kier alpha value is -0.0400. The van der Waals surface area contributed by atoms with Crippen LogP contribution in [0.5, 0.6) is 0 Å². The van der Waals surface area contributed by atoms with Gasteiger partial charge in [0.15, 0.2) is 0 Å². The maximum Gasteiger partial charge on any atom is 0.0874 e. The summed E-state index contributed by atoms with van der Waals surface area (Å²) in [6.45, 7) is 7.01. The molecule has 11 heavy (non-hydrogen) atoms. The summed E-state index contributed by atoms with van der Waals surface area (Å²) in [5.41, 5.74) is 0.458. The van der Waals surface area contributed by atoms with E-state index in [1.165, 1.54) is 19.3 Å². The summed E-state index contributed by atoms with van der Waals surface area (Å²) in [7, 11) is 0. The Labute approximate surface area is 69.1 Å². The average Bonchev–Trinajstić information content (AvgIpc) is 2.60. The first kappa shape index (κ1) is 7.60. The number of epoxide rings is 1. The van der Waals surface area contributed by atoms with Crippen molar-refractivity contribution in [2.45, 2.75) is 52.2 Å². The standard InChI is InChI=1S/C10H18O/c1-10(2,3)7-5-4-6-8-9(7)11-8/h7-9H,4-6H2,1-3H3/t7?,8-,9-/m0/s1. The fraction of sp³-hybridized carbons (Fsp3) is 1.00. The third-order valence-electron chi connectivity index (χ3n) is 3.13. The quantitative estimate of drug-likeness (QED) is 0.489. The van der Waals surface area contributed by atoms with Crippen molar-refractivity contribution >= 4 is 0 Å². The summed E-state index contributed by atoms with van der Waals surface area (Å²) in [6, 6.07) is 0. The summed E-state index contributed by atoms with van der Waals surface area (Å²) in [5, 5.41) is 0. The second kappa shape index (κ2) is 2.22. The molecular formula is C10H18O. The van der Waals surface area contributed by atoms with Gasteiger partial charge in [-0.15, -0.1) is 0 Å². The molecule has 1 aliphatic carbocycles. The van der Waals surface area contributed by atoms with Gasteiger partial charge in [-0.3, -0.25) is 0 Å². The zero-order chi connectivity index (χ0) is 8.06. The van der Waals surface area contributed by atoms with E-state index in [1.54, 1.807) is 0 Å². The molecule has 0 aromatic rings. The first-order chi connectivity index (χ1) is 5.09. The van der Waals surface area contributed by atoms with Crippen LogP contribution in [-0.4, -0.2) is 12.2 Å². The van der Waals surface area contributed by atoms with E-state index in [0.29, 0.717) is 17.6 Å². The lowest BCUT2D eigenvalue weighted by Gasteiger charge is -2.31. The molecule has 1 heterocycles. The maximum absolute atomic E-state index is 5.62. The minimum absolute atomic E-state index is 0.458. The van der Waals surface area contributed by atoms with E-state index in [1.807, 2.05) is 0 Å². The number of hydrogen-bond donors (Lipinski definition) is 0. The highest BCUT2D eigenvalue weighted by Crippen LogP contribution is 2.48. The third kappa shape index (κ3) is 1.31. The highest BCUT2D eigenvalue weighted by atomic mass is 16.6. The van der Waals surface area contributed by atoms with Crippen molar-refractivity contribution in [3.05, 3.63) is 0 Å². The van der Waals surface area contributed by atoms with Gasteiger partial charge in [-0.1, -0.05) is 27.2 Å². The normalized spacial score (nSPS) is 43.4. The second-order valence-corrected chi connectivity index (χ2v) is 5.04. The molecule has 1 unspecified atom stereocenters. The summed E-state index contributed by atoms with van der Waals surface area (Å²) in [4.78, 5) is 0. The average molecular weight is 154 g/mol. The van der Waals surface area contributed by atoms with Crippen molar-refractivity contribution < 1.29 is 4.74 Å². The SMILES string of the molecule is CC(C)(C)C1CCC[C@@H]2O[C@@H]12. The van der Waals surface area contributed by atoms with E-state index in [9.17, 15) is 0 Å². The Kier molecular flexibility index (Phi) is 1.54. The van der Waals surface area contributed by atoms with E-state index in [2.05, 4.69) is 20.8 Å². The molecule has 2 aliphatic rings. The largest absolute Gasteiger partial charge is 0.369 e. The molecule has 2 fully saturated rings. The first-order valence-electron chi connectivity index (χ1n) is 4.74. The number of ether oxygens (including phenoxy) is 1. The van der Waals surface area contributed by atoms with Crippen molar-refractivity contribution in [3.63, 3.8) is 0 Å². The molecule has 1 heteroatoms. The topological polar surface area (TPSA) is 12.5 Å². The van der Waals surface area contributed by atoms with Gasteiger partial charge >= 0.3 is 0 Å². The Morgan fingerprint density at radius 3 is 2.45 bits per heavy atom. The van der Waals surface area contributed by atoms with Gasteiger partial charge in [0.25, 0.3) is 0 Å². The van der Waals surface area contributed by atoms with Crippen LogP contribution in [0.2, 0.25) is 0 Å². The molecule has 0 N–H and O–H groups in total. The van der Waals surface area contributed by atoms with E-state index in [4.69, 9.17) is 4.74 Å². The smallest absolute Gasteiger partial charge is 0.0874 e. The van der Waals surface area contributed by atoms with Crippen LogP contribution in [0.25, 0.3) is 0 Å². The van der Waals surface area contributed by atoms with Gasteiger partial charge in [-0.05, 0) is 24.2 Å². The van der Waals surface area contributed by atoms with E-state index < -0.39 is 0 Å². The Balaban J connectivity index is 2.03. The summed E-state index contributed by atoms with van der Waals surface area (Å²) < 4.78 is 5.62. The van der Waals surface area contributed by atoms with Gasteiger partial charge in [0.2, 0.25) is 0 Å². The molecule has 0 aromatic heterocycles. The van der Waals surface area contributed by atoms with Gasteiger partial charge in [0, 0.05) is 0 Å². The fourth-order valence-corrected chi connectivity index (χ4v) is 2.37. The second-order valence-electron chi connectivity index (χ2n) is 5.04. The molecule has 1 aliphatic heterocycles. The Morgan fingerprint density at radius 1 is 1.18 bits per heavy atom. The summed E-state index contributed by atoms with van der Waals surface area (Å²) >= 11 is 0. The van der Waals surface area contributed by atoms with Crippen molar-refractivity contribution in [1.29, 1.82) is 0 Å². The number of rotatable bonds is 0. The molecule has 3 atom stereocenters. The predicted octanol–water partition coefficient (Wildman–Crippen LogP) is 2.60. The molecule has 0 radical (unpaired) electrons. The van der Waals surface area contributed by atoms with Crippen LogP contribution >= 0.6 is 0 Å². The molecule has 1 saturated heterocycles. The summed E-state index contributed by atoms with van der Waals surface area (Å²) in [6.07, 6.45) is 5.35. The van der Waals surface area contributed by atoms with E-state index >= 15 is 0 Å². The highest BCUT2D eigenvalue weighted by molar-refractivity contribution is 4.98. The van der Waals surface area contributed by atoms with Crippen molar-refractivity contribution in [2.75, 3.05) is 0 Å². The molecule has 64 valence electrons. The van der Waals surface area contributed by atoms with Gasteiger partial charge in [-0.2, -0.15) is 0 Å². The molecule has 0 amide bonds. The van der Waals surface area contributed by atoms with Crippen molar-refractivity contribution in [3.8, 4) is 0 Å². The zero-order valence-corrected chi connectivity index (χ0v) is 7.76. The van der Waals surface area contributed by atoms with E-state index in [-0.39, 0.29) is 0 Å². The van der Waals surface area contributed by atoms with Crippen LogP contribution in [0.15, 0.2) is 0 Å². The van der Waals surface area contributed by atoms with Crippen LogP contribution < -0.4 is 0 Å². The fourth-order valence-electron chi connectivity index (χ4n) is 2.37. The molecule has 0 spiro atoms. The monoisotopic (exact) mass is 154 g/mol. The molecule has 0 bridgehead atoms. The molecular weight excluding hydrogens is 136 g/mol. The van der Waals surface area contributed by atoms with Gasteiger partial charge in [0.05, 0.1) is 12.2 Å². The maximum atomic E-state index is 5.62. The molecule has 1 saturated carbocycles. The minimum atomic E-state index is 0.458. The van der Waals surface area contributed by atoms with Crippen LogP contribution in [0.1, 0.15) is 40.0 Å². The summed E-state index contributed by atoms with van der Waals surface area (Å²) in [5.74, 6) is 0.821. The van der Waals surface area contributed by atoms with E-state index in [0.717, 1.165) is 5.92 Å². The lowest BCUT2D eigenvalue weighted by atomic mass is 9.72. The van der Waals surface area contributed by atoms with Gasteiger partial charge in [0.1, 0.15) is 0 Å².